The van der Waals surface area contributed by atoms with Gasteiger partial charge in [-0.2, -0.15) is 0 Å². The van der Waals surface area contributed by atoms with Crippen LogP contribution in [0.3, 0.4) is 0 Å². The molecular weight excluding hydrogens is 302 g/mol. The Hall–Kier alpha value is -2.47. The molecule has 0 saturated heterocycles. The highest BCUT2D eigenvalue weighted by atomic mass is 16.2. The monoisotopic (exact) mass is 325 g/mol. The molecule has 1 amide bonds. The van der Waals surface area contributed by atoms with E-state index in [2.05, 4.69) is 26.3 Å². The Kier molecular flexibility index (Phi) is 5.38. The lowest BCUT2D eigenvalue weighted by Gasteiger charge is -2.27. The normalized spacial score (nSPS) is 16.2. The molecule has 126 valence electrons. The first kappa shape index (κ1) is 16.4. The quantitative estimate of drug-likeness (QED) is 0.867. The van der Waals surface area contributed by atoms with Crippen LogP contribution in [-0.2, 0) is 11.3 Å². The molecule has 1 N–H and O–H groups in total. The molecule has 0 radical (unpaired) electrons. The number of hydrogen-bond acceptors (Lipinski definition) is 5. The van der Waals surface area contributed by atoms with Gasteiger partial charge in [0.2, 0.25) is 11.9 Å². The number of para-hydroxylation sites is 1. The number of rotatable bonds is 1. The van der Waals surface area contributed by atoms with Crippen LogP contribution in [0.5, 0.6) is 0 Å². The molecule has 0 spiro atoms. The summed E-state index contributed by atoms with van der Waals surface area (Å²) in [5.41, 5.74) is 2.09. The van der Waals surface area contributed by atoms with Gasteiger partial charge in [-0.05, 0) is 30.7 Å². The summed E-state index contributed by atoms with van der Waals surface area (Å²) in [6, 6.07) is 9.91. The predicted octanol–water partition coefficient (Wildman–Crippen LogP) is 1.83. The molecule has 6 heteroatoms. The summed E-state index contributed by atoms with van der Waals surface area (Å²) in [4.78, 5) is 24.9. The Labute approximate surface area is 142 Å². The van der Waals surface area contributed by atoms with Crippen LogP contribution in [0.15, 0.2) is 42.7 Å². The lowest BCUT2D eigenvalue weighted by atomic mass is 10.1. The maximum Gasteiger partial charge on any atom is 0.225 e. The van der Waals surface area contributed by atoms with Crippen molar-refractivity contribution >= 4 is 17.5 Å². The summed E-state index contributed by atoms with van der Waals surface area (Å²) in [6.07, 6.45) is 4.44. The average Bonchev–Trinajstić information content (AvgIpc) is 2.65. The van der Waals surface area contributed by atoms with Crippen molar-refractivity contribution < 1.29 is 4.79 Å². The van der Waals surface area contributed by atoms with E-state index >= 15 is 0 Å². The second-order valence-corrected chi connectivity index (χ2v) is 5.87. The topological polar surface area (TPSA) is 61.4 Å². The number of nitrogens with one attached hydrogen (secondary N) is 1. The molecule has 0 saturated carbocycles. The number of benzene rings is 1. The Morgan fingerprint density at radius 1 is 1.08 bits per heavy atom. The molecule has 2 heterocycles. The lowest BCUT2D eigenvalue weighted by Crippen LogP contribution is -2.33. The van der Waals surface area contributed by atoms with E-state index in [9.17, 15) is 4.79 Å². The second kappa shape index (κ2) is 7.88. The van der Waals surface area contributed by atoms with Gasteiger partial charge >= 0.3 is 0 Å². The molecule has 0 atom stereocenters. The standard InChI is InChI=1S/C18H23N5O/c1-15(24)23-12-5-8-19-11-13-22(18-20-9-4-10-21-18)14-16-6-2-3-7-17(16)23/h2-4,6-7,9-10,19H,5,8,11-14H2,1H3. The van der Waals surface area contributed by atoms with Crippen LogP contribution < -0.4 is 15.1 Å². The number of amides is 1. The molecule has 3 rings (SSSR count). The van der Waals surface area contributed by atoms with Gasteiger partial charge < -0.3 is 15.1 Å². The molecule has 2 aromatic rings. The van der Waals surface area contributed by atoms with E-state index in [1.165, 1.54) is 0 Å². The fraction of sp³-hybridized carbons (Fsp3) is 0.389. The zero-order valence-corrected chi connectivity index (χ0v) is 14.0. The van der Waals surface area contributed by atoms with Crippen LogP contribution in [-0.4, -0.2) is 42.1 Å². The highest BCUT2D eigenvalue weighted by Gasteiger charge is 2.18. The third kappa shape index (κ3) is 3.89. The molecule has 0 bridgehead atoms. The Morgan fingerprint density at radius 2 is 1.88 bits per heavy atom. The Morgan fingerprint density at radius 3 is 2.67 bits per heavy atom. The lowest BCUT2D eigenvalue weighted by molar-refractivity contribution is -0.116. The van der Waals surface area contributed by atoms with Crippen molar-refractivity contribution in [3.63, 3.8) is 0 Å². The van der Waals surface area contributed by atoms with E-state index in [0.29, 0.717) is 12.5 Å². The molecule has 1 aromatic carbocycles. The van der Waals surface area contributed by atoms with Gasteiger partial charge in [0, 0.05) is 51.2 Å². The maximum atomic E-state index is 12.1. The number of aromatic nitrogens is 2. The zero-order valence-electron chi connectivity index (χ0n) is 14.0. The van der Waals surface area contributed by atoms with Crippen molar-refractivity contribution in [2.75, 3.05) is 36.0 Å². The number of nitrogens with zero attached hydrogens (tertiary/aromatic N) is 4. The van der Waals surface area contributed by atoms with Crippen LogP contribution in [0.2, 0.25) is 0 Å². The first-order valence-electron chi connectivity index (χ1n) is 8.34. The fourth-order valence-corrected chi connectivity index (χ4v) is 2.97. The van der Waals surface area contributed by atoms with Crippen molar-refractivity contribution in [1.29, 1.82) is 0 Å². The summed E-state index contributed by atoms with van der Waals surface area (Å²) < 4.78 is 0. The molecule has 0 aliphatic carbocycles. The van der Waals surface area contributed by atoms with Crippen LogP contribution in [0.1, 0.15) is 18.9 Å². The second-order valence-electron chi connectivity index (χ2n) is 5.87. The van der Waals surface area contributed by atoms with Crippen molar-refractivity contribution in [3.8, 4) is 0 Å². The highest BCUT2D eigenvalue weighted by Crippen LogP contribution is 2.24. The van der Waals surface area contributed by atoms with E-state index in [1.807, 2.05) is 29.2 Å². The van der Waals surface area contributed by atoms with Crippen molar-refractivity contribution in [2.45, 2.75) is 19.9 Å². The minimum atomic E-state index is 0.0733. The summed E-state index contributed by atoms with van der Waals surface area (Å²) in [7, 11) is 0. The van der Waals surface area contributed by atoms with Crippen LogP contribution in [0.4, 0.5) is 11.6 Å². The fourth-order valence-electron chi connectivity index (χ4n) is 2.97. The largest absolute Gasteiger partial charge is 0.335 e. The minimum Gasteiger partial charge on any atom is -0.335 e. The molecule has 1 aliphatic heterocycles. The van der Waals surface area contributed by atoms with E-state index in [-0.39, 0.29) is 5.91 Å². The highest BCUT2D eigenvalue weighted by molar-refractivity contribution is 5.92. The Bertz CT molecular complexity index is 676. The van der Waals surface area contributed by atoms with Crippen molar-refractivity contribution in [3.05, 3.63) is 48.3 Å². The van der Waals surface area contributed by atoms with E-state index < -0.39 is 0 Å². The first-order valence-corrected chi connectivity index (χ1v) is 8.34. The van der Waals surface area contributed by atoms with Gasteiger partial charge in [-0.1, -0.05) is 18.2 Å². The molecule has 0 fully saturated rings. The number of carbonyl (C=O) groups excluding carboxylic acids is 1. The molecule has 6 nitrogen and oxygen atoms in total. The van der Waals surface area contributed by atoms with Crippen LogP contribution >= 0.6 is 0 Å². The average molecular weight is 325 g/mol. The molecular formula is C18H23N5O. The maximum absolute atomic E-state index is 12.1. The number of hydrogen-bond donors (Lipinski definition) is 1. The van der Waals surface area contributed by atoms with E-state index in [1.54, 1.807) is 19.3 Å². The Balaban J connectivity index is 1.96. The van der Waals surface area contributed by atoms with E-state index in [0.717, 1.165) is 43.9 Å². The molecule has 0 unspecified atom stereocenters. The minimum absolute atomic E-state index is 0.0733. The number of anilines is 2. The number of fused-ring (bicyclic) bond motifs is 1. The number of carbonyl (C=O) groups is 1. The van der Waals surface area contributed by atoms with Crippen LogP contribution in [0, 0.1) is 0 Å². The summed E-state index contributed by atoms with van der Waals surface area (Å²) in [5, 5.41) is 3.43. The van der Waals surface area contributed by atoms with Crippen molar-refractivity contribution in [1.82, 2.24) is 15.3 Å². The summed E-state index contributed by atoms with van der Waals surface area (Å²) in [5.74, 6) is 0.784. The predicted molar refractivity (Wildman–Crippen MR) is 95.0 cm³/mol. The van der Waals surface area contributed by atoms with Gasteiger partial charge in [0.05, 0.1) is 0 Å². The SMILES string of the molecule is CC(=O)N1CCCNCCN(c2ncccn2)Cc2ccccc21. The first-order chi connectivity index (χ1) is 11.8. The molecule has 1 aliphatic rings. The van der Waals surface area contributed by atoms with Gasteiger partial charge in [0.1, 0.15) is 0 Å². The third-order valence-electron chi connectivity index (χ3n) is 4.15. The summed E-state index contributed by atoms with van der Waals surface area (Å²) in [6.45, 7) is 5.59. The third-order valence-corrected chi connectivity index (χ3v) is 4.15. The van der Waals surface area contributed by atoms with Gasteiger partial charge in [-0.3, -0.25) is 4.79 Å². The van der Waals surface area contributed by atoms with Gasteiger partial charge in [-0.25, -0.2) is 9.97 Å². The van der Waals surface area contributed by atoms with Gasteiger partial charge in [0.15, 0.2) is 0 Å². The zero-order chi connectivity index (χ0) is 16.8. The van der Waals surface area contributed by atoms with Crippen molar-refractivity contribution in [2.24, 2.45) is 0 Å². The molecule has 24 heavy (non-hydrogen) atoms. The summed E-state index contributed by atoms with van der Waals surface area (Å²) >= 11 is 0. The van der Waals surface area contributed by atoms with Gasteiger partial charge in [0.25, 0.3) is 0 Å². The van der Waals surface area contributed by atoms with Gasteiger partial charge in [-0.15, -0.1) is 0 Å². The van der Waals surface area contributed by atoms with Crippen LogP contribution in [0.25, 0.3) is 0 Å². The molecule has 1 aromatic heterocycles. The smallest absolute Gasteiger partial charge is 0.225 e. The van der Waals surface area contributed by atoms with E-state index in [4.69, 9.17) is 0 Å².